The van der Waals surface area contributed by atoms with Crippen LogP contribution in [0, 0.1) is 11.8 Å². The molecule has 0 bridgehead atoms. The Labute approximate surface area is 87.2 Å². The van der Waals surface area contributed by atoms with Crippen molar-refractivity contribution in [3.05, 3.63) is 17.8 Å². The third kappa shape index (κ3) is 2.88. The van der Waals surface area contributed by atoms with Gasteiger partial charge in [0.05, 0.1) is 14.2 Å². The van der Waals surface area contributed by atoms with Gasteiger partial charge in [0.25, 0.3) is 0 Å². The van der Waals surface area contributed by atoms with Crippen LogP contribution in [-0.4, -0.2) is 25.2 Å². The maximum absolute atomic E-state index is 10.7. The fourth-order valence-electron chi connectivity index (χ4n) is 0.861. The first-order chi connectivity index (χ1) is 7.17. The third-order valence-electron chi connectivity index (χ3n) is 1.60. The molecule has 0 aromatic carbocycles. The zero-order valence-corrected chi connectivity index (χ0v) is 8.40. The molecular formula is C10H10N2O3. The summed E-state index contributed by atoms with van der Waals surface area (Å²) in [7, 11) is 2.74. The maximum Gasteiger partial charge on any atom is 0.384 e. The highest BCUT2D eigenvalue weighted by Gasteiger charge is 2.00. The van der Waals surface area contributed by atoms with E-state index in [4.69, 9.17) is 10.5 Å². The average molecular weight is 206 g/mol. The lowest BCUT2D eigenvalue weighted by molar-refractivity contribution is -0.133. The Hall–Kier alpha value is -2.22. The number of methoxy groups -OCH3 is 2. The smallest absolute Gasteiger partial charge is 0.384 e. The van der Waals surface area contributed by atoms with Crippen molar-refractivity contribution in [3.8, 4) is 17.6 Å². The summed E-state index contributed by atoms with van der Waals surface area (Å²) < 4.78 is 9.31. The van der Waals surface area contributed by atoms with Crippen molar-refractivity contribution in [1.29, 1.82) is 0 Å². The number of pyridine rings is 1. The summed E-state index contributed by atoms with van der Waals surface area (Å²) in [5.41, 5.74) is 6.04. The van der Waals surface area contributed by atoms with Crippen LogP contribution in [-0.2, 0) is 9.53 Å². The number of carbonyl (C=O) groups excluding carboxylic acids is 1. The molecule has 1 aromatic rings. The molecule has 1 aromatic heterocycles. The minimum atomic E-state index is -0.606. The highest BCUT2D eigenvalue weighted by Crippen LogP contribution is 2.18. The molecule has 0 aliphatic rings. The SMILES string of the molecule is COC(=O)C#Cc1cnc(N)c(OC)c1. The Morgan fingerprint density at radius 2 is 2.27 bits per heavy atom. The molecule has 15 heavy (non-hydrogen) atoms. The van der Waals surface area contributed by atoms with E-state index in [9.17, 15) is 4.79 Å². The molecule has 0 aliphatic heterocycles. The zero-order valence-electron chi connectivity index (χ0n) is 8.40. The first kappa shape index (κ1) is 10.9. The van der Waals surface area contributed by atoms with Crippen molar-refractivity contribution in [2.45, 2.75) is 0 Å². The van der Waals surface area contributed by atoms with Gasteiger partial charge in [-0.2, -0.15) is 0 Å². The quantitative estimate of drug-likeness (QED) is 0.524. The lowest BCUT2D eigenvalue weighted by Crippen LogP contribution is -1.97. The molecule has 0 radical (unpaired) electrons. The van der Waals surface area contributed by atoms with Gasteiger partial charge < -0.3 is 15.2 Å². The Morgan fingerprint density at radius 3 is 2.87 bits per heavy atom. The second kappa shape index (κ2) is 4.86. The first-order valence-electron chi connectivity index (χ1n) is 4.07. The molecule has 0 spiro atoms. The largest absolute Gasteiger partial charge is 0.493 e. The van der Waals surface area contributed by atoms with Gasteiger partial charge in [-0.1, -0.05) is 5.92 Å². The predicted molar refractivity (Wildman–Crippen MR) is 54.1 cm³/mol. The van der Waals surface area contributed by atoms with Gasteiger partial charge in [0.15, 0.2) is 11.6 Å². The number of carbonyl (C=O) groups is 1. The molecular weight excluding hydrogens is 196 g/mol. The van der Waals surface area contributed by atoms with Gasteiger partial charge in [-0.3, -0.25) is 0 Å². The van der Waals surface area contributed by atoms with Crippen LogP contribution < -0.4 is 10.5 Å². The highest BCUT2D eigenvalue weighted by atomic mass is 16.5. The summed E-state index contributed by atoms with van der Waals surface area (Å²) in [6.45, 7) is 0. The van der Waals surface area contributed by atoms with Crippen molar-refractivity contribution >= 4 is 11.8 Å². The summed E-state index contributed by atoms with van der Waals surface area (Å²) in [5.74, 6) is 4.94. The maximum atomic E-state index is 10.7. The summed E-state index contributed by atoms with van der Waals surface area (Å²) in [4.78, 5) is 14.6. The summed E-state index contributed by atoms with van der Waals surface area (Å²) >= 11 is 0. The van der Waals surface area contributed by atoms with Crippen LogP contribution in [0.5, 0.6) is 5.75 Å². The second-order valence-electron chi connectivity index (χ2n) is 2.55. The van der Waals surface area contributed by atoms with Gasteiger partial charge in [-0.15, -0.1) is 0 Å². The molecule has 0 fully saturated rings. The van der Waals surface area contributed by atoms with E-state index in [2.05, 4.69) is 21.6 Å². The third-order valence-corrected chi connectivity index (χ3v) is 1.60. The molecule has 0 unspecified atom stereocenters. The number of rotatable bonds is 1. The molecule has 0 atom stereocenters. The Bertz CT molecular complexity index is 432. The van der Waals surface area contributed by atoms with E-state index in [1.54, 1.807) is 6.07 Å². The number of hydrogen-bond acceptors (Lipinski definition) is 5. The van der Waals surface area contributed by atoms with Crippen LogP contribution in [0.15, 0.2) is 12.3 Å². The van der Waals surface area contributed by atoms with Crippen LogP contribution in [0.4, 0.5) is 5.82 Å². The monoisotopic (exact) mass is 206 g/mol. The summed E-state index contributed by atoms with van der Waals surface area (Å²) in [6.07, 6.45) is 1.45. The molecule has 0 amide bonds. The average Bonchev–Trinajstić information content (AvgIpc) is 2.27. The van der Waals surface area contributed by atoms with E-state index >= 15 is 0 Å². The second-order valence-corrected chi connectivity index (χ2v) is 2.55. The fourth-order valence-corrected chi connectivity index (χ4v) is 0.861. The number of esters is 1. The van der Waals surface area contributed by atoms with E-state index in [0.717, 1.165) is 0 Å². The van der Waals surface area contributed by atoms with Gasteiger partial charge >= 0.3 is 5.97 Å². The molecule has 1 rings (SSSR count). The van der Waals surface area contributed by atoms with Crippen LogP contribution in [0.2, 0.25) is 0 Å². The minimum absolute atomic E-state index is 0.279. The first-order valence-corrected chi connectivity index (χ1v) is 4.07. The Balaban J connectivity index is 2.95. The number of anilines is 1. The molecule has 5 nitrogen and oxygen atoms in total. The Morgan fingerprint density at radius 1 is 1.53 bits per heavy atom. The standard InChI is InChI=1S/C10H10N2O3/c1-14-8-5-7(6-12-10(8)11)3-4-9(13)15-2/h5-6H,1-2H3,(H2,11,12). The van der Waals surface area contributed by atoms with Gasteiger partial charge in [0.1, 0.15) is 0 Å². The van der Waals surface area contributed by atoms with Crippen LogP contribution in [0.25, 0.3) is 0 Å². The summed E-state index contributed by atoms with van der Waals surface area (Å²) in [5, 5.41) is 0. The van der Waals surface area contributed by atoms with E-state index in [0.29, 0.717) is 11.3 Å². The Kier molecular flexibility index (Phi) is 3.52. The van der Waals surface area contributed by atoms with Crippen molar-refractivity contribution in [3.63, 3.8) is 0 Å². The van der Waals surface area contributed by atoms with Crippen molar-refractivity contribution in [2.75, 3.05) is 20.0 Å². The van der Waals surface area contributed by atoms with Crippen molar-refractivity contribution < 1.29 is 14.3 Å². The highest BCUT2D eigenvalue weighted by molar-refractivity contribution is 5.89. The van der Waals surface area contributed by atoms with Crippen LogP contribution in [0.1, 0.15) is 5.56 Å². The number of ether oxygens (including phenoxy) is 2. The molecule has 1 heterocycles. The molecule has 0 saturated heterocycles. The predicted octanol–water partition coefficient (Wildman–Crippen LogP) is 0.197. The van der Waals surface area contributed by atoms with E-state index in [1.165, 1.54) is 20.4 Å². The van der Waals surface area contributed by atoms with Gasteiger partial charge in [-0.05, 0) is 0 Å². The van der Waals surface area contributed by atoms with Gasteiger partial charge in [0.2, 0.25) is 0 Å². The van der Waals surface area contributed by atoms with Crippen molar-refractivity contribution in [2.24, 2.45) is 0 Å². The molecule has 0 aliphatic carbocycles. The van der Waals surface area contributed by atoms with Gasteiger partial charge in [0, 0.05) is 23.7 Å². The van der Waals surface area contributed by atoms with Crippen molar-refractivity contribution in [1.82, 2.24) is 4.98 Å². The molecule has 0 saturated carbocycles. The molecule has 5 heteroatoms. The van der Waals surface area contributed by atoms with Crippen LogP contribution in [0.3, 0.4) is 0 Å². The van der Waals surface area contributed by atoms with Gasteiger partial charge in [-0.25, -0.2) is 9.78 Å². The van der Waals surface area contributed by atoms with E-state index < -0.39 is 5.97 Å². The zero-order chi connectivity index (χ0) is 11.3. The lowest BCUT2D eigenvalue weighted by Gasteiger charge is -2.02. The normalized spacial score (nSPS) is 8.67. The summed E-state index contributed by atoms with van der Waals surface area (Å²) in [6, 6.07) is 1.60. The molecule has 78 valence electrons. The minimum Gasteiger partial charge on any atom is -0.493 e. The number of aromatic nitrogens is 1. The number of hydrogen-bond donors (Lipinski definition) is 1. The fraction of sp³-hybridized carbons (Fsp3) is 0.200. The van der Waals surface area contributed by atoms with E-state index in [1.807, 2.05) is 0 Å². The van der Waals surface area contributed by atoms with E-state index in [-0.39, 0.29) is 5.82 Å². The topological polar surface area (TPSA) is 74.4 Å². The number of nitrogens with two attached hydrogens (primary N) is 1. The number of nitrogen functional groups attached to an aromatic ring is 1. The molecule has 2 N–H and O–H groups in total. The number of nitrogens with zero attached hydrogens (tertiary/aromatic N) is 1. The lowest BCUT2D eigenvalue weighted by atomic mass is 10.2. The van der Waals surface area contributed by atoms with Crippen LogP contribution >= 0.6 is 0 Å².